The number of halogens is 1. The standard InChI is InChI=1S/C21H18ClN3O4/c1-29-20-10-14(2-5-19(20)25(27)28)21(26)24-8-6-13(7-9-24)17-12-23-18-4-3-15(22)11-16(17)18/h2-6,10-12,23H,7-9H2,1H3. The Morgan fingerprint density at radius 2 is 2.10 bits per heavy atom. The lowest BCUT2D eigenvalue weighted by Crippen LogP contribution is -2.34. The molecule has 29 heavy (non-hydrogen) atoms. The SMILES string of the molecule is COc1cc(C(=O)N2CC=C(c3c[nH]c4ccc(Cl)cc34)CC2)ccc1[N+](=O)[O-]. The molecule has 0 bridgehead atoms. The minimum absolute atomic E-state index is 0.0739. The maximum atomic E-state index is 12.8. The van der Waals surface area contributed by atoms with Gasteiger partial charge in [0.25, 0.3) is 5.91 Å². The van der Waals surface area contributed by atoms with Gasteiger partial charge in [0.15, 0.2) is 5.75 Å². The number of nitro benzene ring substituents is 1. The topological polar surface area (TPSA) is 88.5 Å². The second-order valence-electron chi connectivity index (χ2n) is 6.77. The van der Waals surface area contributed by atoms with E-state index < -0.39 is 4.92 Å². The van der Waals surface area contributed by atoms with Gasteiger partial charge in [0.1, 0.15) is 0 Å². The Bertz CT molecular complexity index is 1150. The van der Waals surface area contributed by atoms with E-state index in [1.807, 2.05) is 30.5 Å². The Morgan fingerprint density at radius 1 is 1.28 bits per heavy atom. The van der Waals surface area contributed by atoms with Crippen LogP contribution in [0.5, 0.6) is 5.75 Å². The molecule has 7 nitrogen and oxygen atoms in total. The van der Waals surface area contributed by atoms with Crippen molar-refractivity contribution in [1.29, 1.82) is 0 Å². The fourth-order valence-electron chi connectivity index (χ4n) is 3.60. The number of carbonyl (C=O) groups excluding carboxylic acids is 1. The van der Waals surface area contributed by atoms with Crippen LogP contribution < -0.4 is 4.74 Å². The number of methoxy groups -OCH3 is 1. The molecule has 0 spiro atoms. The Morgan fingerprint density at radius 3 is 2.79 bits per heavy atom. The first-order chi connectivity index (χ1) is 14.0. The number of nitro groups is 1. The van der Waals surface area contributed by atoms with Gasteiger partial charge in [-0.05, 0) is 36.3 Å². The molecule has 0 saturated heterocycles. The predicted octanol–water partition coefficient (Wildman–Crippen LogP) is 4.67. The van der Waals surface area contributed by atoms with Gasteiger partial charge in [-0.25, -0.2) is 0 Å². The summed E-state index contributed by atoms with van der Waals surface area (Å²) in [5.74, 6) is -0.111. The number of carbonyl (C=O) groups is 1. The third kappa shape index (κ3) is 3.56. The maximum absolute atomic E-state index is 12.8. The van der Waals surface area contributed by atoms with Gasteiger partial charge < -0.3 is 14.6 Å². The van der Waals surface area contributed by atoms with Gasteiger partial charge in [-0.3, -0.25) is 14.9 Å². The average Bonchev–Trinajstić information content (AvgIpc) is 3.15. The summed E-state index contributed by atoms with van der Waals surface area (Å²) in [5, 5.41) is 12.8. The van der Waals surface area contributed by atoms with Gasteiger partial charge in [-0.1, -0.05) is 17.7 Å². The summed E-state index contributed by atoms with van der Waals surface area (Å²) in [6.07, 6.45) is 4.70. The Labute approximate surface area is 171 Å². The molecule has 0 fully saturated rings. The monoisotopic (exact) mass is 411 g/mol. The van der Waals surface area contributed by atoms with E-state index in [1.165, 1.54) is 25.3 Å². The predicted molar refractivity (Wildman–Crippen MR) is 111 cm³/mol. The molecule has 0 radical (unpaired) electrons. The van der Waals surface area contributed by atoms with Crippen molar-refractivity contribution in [3.8, 4) is 5.75 Å². The van der Waals surface area contributed by atoms with Crippen molar-refractivity contribution in [2.45, 2.75) is 6.42 Å². The lowest BCUT2D eigenvalue weighted by molar-refractivity contribution is -0.385. The number of ether oxygens (including phenoxy) is 1. The molecule has 1 aliphatic rings. The molecule has 0 aliphatic carbocycles. The molecule has 3 aromatic rings. The first kappa shape index (κ1) is 19.0. The van der Waals surface area contributed by atoms with Crippen molar-refractivity contribution >= 4 is 39.7 Å². The first-order valence-corrected chi connectivity index (χ1v) is 9.43. The molecule has 1 aromatic heterocycles. The summed E-state index contributed by atoms with van der Waals surface area (Å²) in [4.78, 5) is 28.3. The van der Waals surface area contributed by atoms with Crippen molar-refractivity contribution in [3.63, 3.8) is 0 Å². The van der Waals surface area contributed by atoms with Gasteiger partial charge >= 0.3 is 5.69 Å². The second-order valence-corrected chi connectivity index (χ2v) is 7.20. The molecule has 1 aliphatic heterocycles. The molecule has 2 heterocycles. The number of aromatic nitrogens is 1. The minimum Gasteiger partial charge on any atom is -0.490 e. The number of fused-ring (bicyclic) bond motifs is 1. The lowest BCUT2D eigenvalue weighted by atomic mass is 9.98. The normalized spacial score (nSPS) is 14.0. The van der Waals surface area contributed by atoms with Crippen LogP contribution in [0.25, 0.3) is 16.5 Å². The Balaban J connectivity index is 1.55. The van der Waals surface area contributed by atoms with Crippen LogP contribution in [0, 0.1) is 10.1 Å². The van der Waals surface area contributed by atoms with E-state index in [2.05, 4.69) is 4.98 Å². The summed E-state index contributed by atoms with van der Waals surface area (Å²) in [7, 11) is 1.35. The third-order valence-corrected chi connectivity index (χ3v) is 5.34. The number of nitrogens with zero attached hydrogens (tertiary/aromatic N) is 2. The van der Waals surface area contributed by atoms with E-state index in [4.69, 9.17) is 16.3 Å². The van der Waals surface area contributed by atoms with Gasteiger partial charge in [0, 0.05) is 58.5 Å². The Hall–Kier alpha value is -3.32. The van der Waals surface area contributed by atoms with Crippen LogP contribution in [-0.2, 0) is 0 Å². The summed E-state index contributed by atoms with van der Waals surface area (Å²) >= 11 is 6.14. The molecule has 0 atom stereocenters. The fourth-order valence-corrected chi connectivity index (χ4v) is 3.77. The highest BCUT2D eigenvalue weighted by Crippen LogP contribution is 2.32. The summed E-state index contributed by atoms with van der Waals surface area (Å²) in [5.41, 5.74) is 3.46. The largest absolute Gasteiger partial charge is 0.490 e. The van der Waals surface area contributed by atoms with Crippen LogP contribution in [0.2, 0.25) is 5.02 Å². The number of rotatable bonds is 4. The first-order valence-electron chi connectivity index (χ1n) is 9.05. The smallest absolute Gasteiger partial charge is 0.310 e. The molecule has 1 amide bonds. The second kappa shape index (κ2) is 7.60. The van der Waals surface area contributed by atoms with E-state index >= 15 is 0 Å². The lowest BCUT2D eigenvalue weighted by Gasteiger charge is -2.26. The molecule has 148 valence electrons. The minimum atomic E-state index is -0.531. The number of benzene rings is 2. The highest BCUT2D eigenvalue weighted by molar-refractivity contribution is 6.31. The van der Waals surface area contributed by atoms with Crippen molar-refractivity contribution in [2.24, 2.45) is 0 Å². The van der Waals surface area contributed by atoms with E-state index in [0.29, 0.717) is 30.1 Å². The molecule has 4 rings (SSSR count). The quantitative estimate of drug-likeness (QED) is 0.499. The number of hydrogen-bond acceptors (Lipinski definition) is 4. The van der Waals surface area contributed by atoms with Gasteiger partial charge in [0.2, 0.25) is 0 Å². The van der Waals surface area contributed by atoms with Gasteiger partial charge in [-0.15, -0.1) is 0 Å². The van der Waals surface area contributed by atoms with Crippen molar-refractivity contribution < 1.29 is 14.5 Å². The van der Waals surface area contributed by atoms with Crippen molar-refractivity contribution in [3.05, 3.63) is 74.9 Å². The number of H-pyrrole nitrogens is 1. The highest BCUT2D eigenvalue weighted by Gasteiger charge is 2.23. The van der Waals surface area contributed by atoms with E-state index in [9.17, 15) is 14.9 Å². The average molecular weight is 412 g/mol. The summed E-state index contributed by atoms with van der Waals surface area (Å²) < 4.78 is 5.06. The maximum Gasteiger partial charge on any atom is 0.310 e. The number of aromatic amines is 1. The molecule has 2 aromatic carbocycles. The molecular weight excluding hydrogens is 394 g/mol. The van der Waals surface area contributed by atoms with Crippen LogP contribution >= 0.6 is 11.6 Å². The van der Waals surface area contributed by atoms with Crippen LogP contribution in [-0.4, -0.2) is 40.9 Å². The molecule has 1 N–H and O–H groups in total. The van der Waals surface area contributed by atoms with E-state index in [0.717, 1.165) is 22.0 Å². The Kier molecular flexibility index (Phi) is 4.98. The van der Waals surface area contributed by atoms with Crippen LogP contribution in [0.4, 0.5) is 5.69 Å². The number of amides is 1. The van der Waals surface area contributed by atoms with Crippen LogP contribution in [0.15, 0.2) is 48.7 Å². The molecular formula is C21H18ClN3O4. The third-order valence-electron chi connectivity index (χ3n) is 5.11. The zero-order valence-electron chi connectivity index (χ0n) is 15.6. The van der Waals surface area contributed by atoms with Gasteiger partial charge in [-0.2, -0.15) is 0 Å². The van der Waals surface area contributed by atoms with Crippen LogP contribution in [0.1, 0.15) is 22.3 Å². The zero-order chi connectivity index (χ0) is 20.5. The zero-order valence-corrected chi connectivity index (χ0v) is 16.4. The van der Waals surface area contributed by atoms with Crippen molar-refractivity contribution in [1.82, 2.24) is 9.88 Å². The number of hydrogen-bond donors (Lipinski definition) is 1. The summed E-state index contributed by atoms with van der Waals surface area (Å²) in [6, 6.07) is 9.91. The van der Waals surface area contributed by atoms with E-state index in [1.54, 1.807) is 4.90 Å². The van der Waals surface area contributed by atoms with E-state index in [-0.39, 0.29) is 17.3 Å². The van der Waals surface area contributed by atoms with Crippen molar-refractivity contribution in [2.75, 3.05) is 20.2 Å². The highest BCUT2D eigenvalue weighted by atomic mass is 35.5. The molecule has 0 saturated carbocycles. The van der Waals surface area contributed by atoms with Crippen LogP contribution in [0.3, 0.4) is 0 Å². The molecule has 8 heteroatoms. The summed E-state index contributed by atoms with van der Waals surface area (Å²) in [6.45, 7) is 1.01. The number of nitrogens with one attached hydrogen (secondary N) is 1. The fraction of sp³-hybridized carbons (Fsp3) is 0.190. The van der Waals surface area contributed by atoms with Gasteiger partial charge in [0.05, 0.1) is 12.0 Å². The molecule has 0 unspecified atom stereocenters.